The second kappa shape index (κ2) is 7.49. The fraction of sp³-hybridized carbons (Fsp3) is 0.100. The number of amides is 1. The van der Waals surface area contributed by atoms with E-state index in [0.29, 0.717) is 11.3 Å². The van der Waals surface area contributed by atoms with Crippen molar-refractivity contribution in [2.24, 2.45) is 0 Å². The molecule has 0 saturated carbocycles. The fourth-order valence-electron chi connectivity index (χ4n) is 2.32. The van der Waals surface area contributed by atoms with Gasteiger partial charge in [-0.3, -0.25) is 4.79 Å². The maximum Gasteiger partial charge on any atom is 0.338 e. The van der Waals surface area contributed by atoms with Gasteiger partial charge in [0.1, 0.15) is 6.61 Å². The third-order valence-corrected chi connectivity index (χ3v) is 3.58. The summed E-state index contributed by atoms with van der Waals surface area (Å²) >= 11 is 0. The molecule has 3 aromatic rings. The third kappa shape index (κ3) is 4.35. The molecule has 1 aromatic heterocycles. The average molecular weight is 335 g/mol. The summed E-state index contributed by atoms with van der Waals surface area (Å²) < 4.78 is 10.3. The number of esters is 1. The number of hydrogen-bond acceptors (Lipinski definition) is 4. The summed E-state index contributed by atoms with van der Waals surface area (Å²) in [7, 11) is 0. The van der Waals surface area contributed by atoms with Crippen LogP contribution in [0.4, 0.5) is 5.69 Å². The summed E-state index contributed by atoms with van der Waals surface area (Å²) in [5.41, 5.74) is 3.04. The Morgan fingerprint density at radius 2 is 1.84 bits per heavy atom. The van der Waals surface area contributed by atoms with Gasteiger partial charge in [0, 0.05) is 5.69 Å². The Morgan fingerprint density at radius 3 is 2.52 bits per heavy atom. The van der Waals surface area contributed by atoms with Crippen LogP contribution in [0.25, 0.3) is 0 Å². The maximum atomic E-state index is 12.1. The van der Waals surface area contributed by atoms with Gasteiger partial charge in [0.15, 0.2) is 5.76 Å². The Bertz CT molecular complexity index is 867. The van der Waals surface area contributed by atoms with Crippen LogP contribution in [-0.2, 0) is 11.3 Å². The molecule has 0 fully saturated rings. The minimum Gasteiger partial charge on any atom is -0.459 e. The van der Waals surface area contributed by atoms with Gasteiger partial charge in [-0.05, 0) is 48.9 Å². The highest BCUT2D eigenvalue weighted by molar-refractivity contribution is 6.02. The SMILES string of the molecule is Cc1cccc(COC(=O)c2ccc(NC(=O)c3ccco3)cc2)c1. The lowest BCUT2D eigenvalue weighted by atomic mass is 10.1. The first kappa shape index (κ1) is 16.5. The summed E-state index contributed by atoms with van der Waals surface area (Å²) in [5, 5.41) is 2.69. The zero-order valence-electron chi connectivity index (χ0n) is 13.7. The summed E-state index contributed by atoms with van der Waals surface area (Å²) in [6, 6.07) is 17.5. The summed E-state index contributed by atoms with van der Waals surface area (Å²) in [6.45, 7) is 2.21. The van der Waals surface area contributed by atoms with Crippen molar-refractivity contribution in [2.45, 2.75) is 13.5 Å². The van der Waals surface area contributed by atoms with Crippen molar-refractivity contribution < 1.29 is 18.7 Å². The van der Waals surface area contributed by atoms with Gasteiger partial charge >= 0.3 is 5.97 Å². The standard InChI is InChI=1S/C20H17NO4/c1-14-4-2-5-15(12-14)13-25-20(23)16-7-9-17(10-8-16)21-19(22)18-6-3-11-24-18/h2-12H,13H2,1H3,(H,21,22). The van der Waals surface area contributed by atoms with Crippen LogP contribution < -0.4 is 5.32 Å². The van der Waals surface area contributed by atoms with Gasteiger partial charge in [0.05, 0.1) is 11.8 Å². The van der Waals surface area contributed by atoms with Crippen LogP contribution in [0.3, 0.4) is 0 Å². The second-order valence-electron chi connectivity index (χ2n) is 5.57. The number of aryl methyl sites for hydroxylation is 1. The smallest absolute Gasteiger partial charge is 0.338 e. The summed E-state index contributed by atoms with van der Waals surface area (Å²) in [4.78, 5) is 24.0. The average Bonchev–Trinajstić information content (AvgIpc) is 3.15. The van der Waals surface area contributed by atoms with Crippen molar-refractivity contribution in [1.82, 2.24) is 0 Å². The van der Waals surface area contributed by atoms with Gasteiger partial charge in [0.2, 0.25) is 0 Å². The van der Waals surface area contributed by atoms with Crippen LogP contribution in [0.2, 0.25) is 0 Å². The Kier molecular flexibility index (Phi) is 4.95. The van der Waals surface area contributed by atoms with Crippen LogP contribution in [-0.4, -0.2) is 11.9 Å². The molecule has 5 nitrogen and oxygen atoms in total. The highest BCUT2D eigenvalue weighted by atomic mass is 16.5. The summed E-state index contributed by atoms with van der Waals surface area (Å²) in [5.74, 6) is -0.535. The molecule has 5 heteroatoms. The van der Waals surface area contributed by atoms with E-state index >= 15 is 0 Å². The first-order chi connectivity index (χ1) is 12.1. The monoisotopic (exact) mass is 335 g/mol. The number of nitrogens with one attached hydrogen (secondary N) is 1. The molecule has 2 aromatic carbocycles. The quantitative estimate of drug-likeness (QED) is 0.710. The van der Waals surface area contributed by atoms with E-state index in [1.165, 1.54) is 6.26 Å². The van der Waals surface area contributed by atoms with Crippen LogP contribution >= 0.6 is 0 Å². The lowest BCUT2D eigenvalue weighted by Crippen LogP contribution is -2.11. The molecule has 0 bridgehead atoms. The highest BCUT2D eigenvalue weighted by Crippen LogP contribution is 2.14. The van der Waals surface area contributed by atoms with Gasteiger partial charge in [0.25, 0.3) is 5.91 Å². The normalized spacial score (nSPS) is 10.3. The molecular weight excluding hydrogens is 318 g/mol. The van der Waals surface area contributed by atoms with Crippen LogP contribution in [0.15, 0.2) is 71.3 Å². The van der Waals surface area contributed by atoms with Gasteiger partial charge < -0.3 is 14.5 Å². The number of anilines is 1. The third-order valence-electron chi connectivity index (χ3n) is 3.58. The van der Waals surface area contributed by atoms with E-state index < -0.39 is 5.97 Å². The predicted octanol–water partition coefficient (Wildman–Crippen LogP) is 4.20. The first-order valence-corrected chi connectivity index (χ1v) is 7.79. The van der Waals surface area contributed by atoms with Crippen LogP contribution in [0.5, 0.6) is 0 Å². The van der Waals surface area contributed by atoms with Gasteiger partial charge in [-0.15, -0.1) is 0 Å². The second-order valence-corrected chi connectivity index (χ2v) is 5.57. The van der Waals surface area contributed by atoms with Gasteiger partial charge in [-0.2, -0.15) is 0 Å². The molecule has 1 N–H and O–H groups in total. The van der Waals surface area contributed by atoms with E-state index in [2.05, 4.69) is 5.32 Å². The summed E-state index contributed by atoms with van der Waals surface area (Å²) in [6.07, 6.45) is 1.43. The number of carbonyl (C=O) groups is 2. The Balaban J connectivity index is 1.58. The molecular formula is C20H17NO4. The molecule has 1 amide bonds. The lowest BCUT2D eigenvalue weighted by Gasteiger charge is -2.07. The molecule has 0 spiro atoms. The van der Waals surface area contributed by atoms with Crippen molar-refractivity contribution in [1.29, 1.82) is 0 Å². The number of ether oxygens (including phenoxy) is 1. The van der Waals surface area contributed by atoms with Crippen molar-refractivity contribution in [3.05, 3.63) is 89.4 Å². The molecule has 25 heavy (non-hydrogen) atoms. The van der Waals surface area contributed by atoms with Crippen molar-refractivity contribution in [3.8, 4) is 0 Å². The van der Waals surface area contributed by atoms with Crippen molar-refractivity contribution in [2.75, 3.05) is 5.32 Å². The van der Waals surface area contributed by atoms with E-state index in [1.807, 2.05) is 31.2 Å². The molecule has 0 saturated heterocycles. The zero-order valence-corrected chi connectivity index (χ0v) is 13.7. The molecule has 0 radical (unpaired) electrons. The number of carbonyl (C=O) groups excluding carboxylic acids is 2. The van der Waals surface area contributed by atoms with E-state index in [4.69, 9.17) is 9.15 Å². The molecule has 126 valence electrons. The minimum absolute atomic E-state index is 0.220. The van der Waals surface area contributed by atoms with Crippen LogP contribution in [0, 0.1) is 6.92 Å². The molecule has 0 atom stereocenters. The topological polar surface area (TPSA) is 68.5 Å². The van der Waals surface area contributed by atoms with E-state index in [9.17, 15) is 9.59 Å². The number of benzene rings is 2. The Hall–Kier alpha value is -3.34. The largest absolute Gasteiger partial charge is 0.459 e. The number of rotatable bonds is 5. The van der Waals surface area contributed by atoms with E-state index in [0.717, 1.165) is 11.1 Å². The first-order valence-electron chi connectivity index (χ1n) is 7.79. The van der Waals surface area contributed by atoms with E-state index in [1.54, 1.807) is 36.4 Å². The molecule has 0 aliphatic heterocycles. The highest BCUT2D eigenvalue weighted by Gasteiger charge is 2.11. The molecule has 0 unspecified atom stereocenters. The number of furan rings is 1. The lowest BCUT2D eigenvalue weighted by molar-refractivity contribution is 0.0472. The maximum absolute atomic E-state index is 12.1. The number of hydrogen-bond donors (Lipinski definition) is 1. The van der Waals surface area contributed by atoms with Crippen molar-refractivity contribution >= 4 is 17.6 Å². The minimum atomic E-state index is -0.412. The van der Waals surface area contributed by atoms with Crippen molar-refractivity contribution in [3.63, 3.8) is 0 Å². The Labute approximate surface area is 145 Å². The van der Waals surface area contributed by atoms with Gasteiger partial charge in [-0.25, -0.2) is 4.79 Å². The predicted molar refractivity (Wildman–Crippen MR) is 93.4 cm³/mol. The van der Waals surface area contributed by atoms with E-state index in [-0.39, 0.29) is 18.3 Å². The molecule has 0 aliphatic rings. The Morgan fingerprint density at radius 1 is 1.04 bits per heavy atom. The molecule has 1 heterocycles. The fourth-order valence-corrected chi connectivity index (χ4v) is 2.32. The molecule has 3 rings (SSSR count). The molecule has 0 aliphatic carbocycles. The van der Waals surface area contributed by atoms with Gasteiger partial charge in [-0.1, -0.05) is 29.8 Å². The zero-order chi connectivity index (χ0) is 17.6. The van der Waals surface area contributed by atoms with Crippen LogP contribution in [0.1, 0.15) is 32.0 Å².